The summed E-state index contributed by atoms with van der Waals surface area (Å²) >= 11 is 0. The van der Waals surface area contributed by atoms with Gasteiger partial charge in [-0.1, -0.05) is 149 Å². The number of hydrogen-bond donors (Lipinski definition) is 0. The Kier molecular flexibility index (Phi) is 6.23. The van der Waals surface area contributed by atoms with Crippen molar-refractivity contribution >= 4 is 0 Å². The fourth-order valence-electron chi connectivity index (χ4n) is 8.11. The van der Waals surface area contributed by atoms with Gasteiger partial charge in [0.2, 0.25) is 0 Å². The van der Waals surface area contributed by atoms with Crippen molar-refractivity contribution in [2.24, 2.45) is 0 Å². The van der Waals surface area contributed by atoms with Crippen molar-refractivity contribution < 1.29 is 0 Å². The van der Waals surface area contributed by atoms with Crippen molar-refractivity contribution in [2.75, 3.05) is 0 Å². The first kappa shape index (κ1) is 28.6. The Morgan fingerprint density at radius 1 is 0.333 bits per heavy atom. The molecule has 0 spiro atoms. The van der Waals surface area contributed by atoms with Gasteiger partial charge in [0.1, 0.15) is 6.33 Å². The summed E-state index contributed by atoms with van der Waals surface area (Å²) in [7, 11) is 0. The van der Waals surface area contributed by atoms with Crippen molar-refractivity contribution in [3.05, 3.63) is 168 Å². The second kappa shape index (κ2) is 10.5. The molecule has 0 saturated carbocycles. The van der Waals surface area contributed by atoms with E-state index in [-0.39, 0.29) is 10.8 Å². The molecular formula is C46H36N2. The second-order valence-corrected chi connectivity index (χ2v) is 14.3. The largest absolute Gasteiger partial charge is 0.236 e. The van der Waals surface area contributed by atoms with E-state index in [4.69, 9.17) is 0 Å². The predicted octanol–water partition coefficient (Wildman–Crippen LogP) is 11.8. The zero-order valence-corrected chi connectivity index (χ0v) is 27.8. The molecule has 0 amide bonds. The first-order valence-corrected chi connectivity index (χ1v) is 16.8. The van der Waals surface area contributed by atoms with E-state index in [0.29, 0.717) is 0 Å². The minimum atomic E-state index is -0.0118. The Labute approximate surface area is 282 Å². The highest BCUT2D eigenvalue weighted by Crippen LogP contribution is 2.50. The molecule has 1 heterocycles. The molecular weight excluding hydrogens is 581 g/mol. The summed E-state index contributed by atoms with van der Waals surface area (Å²) < 4.78 is 0. The smallest absolute Gasteiger partial charge is 0.116 e. The average molecular weight is 617 g/mol. The van der Waals surface area contributed by atoms with Crippen LogP contribution in [0, 0.1) is 0 Å². The predicted molar refractivity (Wildman–Crippen MR) is 199 cm³/mol. The van der Waals surface area contributed by atoms with E-state index in [2.05, 4.69) is 177 Å². The summed E-state index contributed by atoms with van der Waals surface area (Å²) in [4.78, 5) is 9.29. The second-order valence-electron chi connectivity index (χ2n) is 14.3. The minimum absolute atomic E-state index is 0.0118. The molecule has 230 valence electrons. The van der Waals surface area contributed by atoms with E-state index in [1.165, 1.54) is 66.8 Å². The van der Waals surface area contributed by atoms with E-state index >= 15 is 0 Å². The van der Waals surface area contributed by atoms with E-state index in [0.717, 1.165) is 22.5 Å². The first-order valence-electron chi connectivity index (χ1n) is 16.8. The highest BCUT2D eigenvalue weighted by molar-refractivity contribution is 5.85. The van der Waals surface area contributed by atoms with Crippen LogP contribution in [0.4, 0.5) is 0 Å². The molecule has 0 aliphatic heterocycles. The van der Waals surface area contributed by atoms with Gasteiger partial charge in [-0.25, -0.2) is 9.97 Å². The molecule has 0 atom stereocenters. The van der Waals surface area contributed by atoms with Gasteiger partial charge >= 0.3 is 0 Å². The zero-order chi connectivity index (χ0) is 32.6. The van der Waals surface area contributed by atoms with Crippen molar-refractivity contribution in [2.45, 2.75) is 38.5 Å². The molecule has 6 aromatic carbocycles. The van der Waals surface area contributed by atoms with Gasteiger partial charge in [-0.3, -0.25) is 0 Å². The van der Waals surface area contributed by atoms with Crippen LogP contribution >= 0.6 is 0 Å². The van der Waals surface area contributed by atoms with Crippen LogP contribution in [0.25, 0.3) is 67.0 Å². The number of benzene rings is 6. The van der Waals surface area contributed by atoms with Gasteiger partial charge in [0.05, 0.1) is 11.4 Å². The maximum atomic E-state index is 4.64. The lowest BCUT2D eigenvalue weighted by atomic mass is 9.81. The molecule has 2 aliphatic carbocycles. The molecule has 1 aromatic heterocycles. The van der Waals surface area contributed by atoms with Crippen LogP contribution in [-0.2, 0) is 10.8 Å². The van der Waals surface area contributed by atoms with Gasteiger partial charge in [0.25, 0.3) is 0 Å². The minimum Gasteiger partial charge on any atom is -0.236 e. The van der Waals surface area contributed by atoms with Crippen LogP contribution in [0.5, 0.6) is 0 Å². The maximum Gasteiger partial charge on any atom is 0.116 e. The molecule has 2 nitrogen and oxygen atoms in total. The van der Waals surface area contributed by atoms with E-state index in [1.807, 2.05) is 0 Å². The Morgan fingerprint density at radius 2 is 0.688 bits per heavy atom. The molecule has 2 heteroatoms. The molecule has 2 aliphatic rings. The molecule has 48 heavy (non-hydrogen) atoms. The van der Waals surface area contributed by atoms with E-state index in [1.54, 1.807) is 6.33 Å². The SMILES string of the molecule is CC1(C)c2ccccc2-c2ccc(-c3ccc(-c4cc(-c5ccc(-c6ccc7c(c6)C(C)(C)c6ccccc6-7)cc5)ncn4)cc3)cc21. The lowest BCUT2D eigenvalue weighted by molar-refractivity contribution is 0.660. The van der Waals surface area contributed by atoms with Crippen LogP contribution in [0.15, 0.2) is 146 Å². The van der Waals surface area contributed by atoms with Crippen LogP contribution in [0.3, 0.4) is 0 Å². The molecule has 0 saturated heterocycles. The summed E-state index contributed by atoms with van der Waals surface area (Å²) in [5.74, 6) is 0. The van der Waals surface area contributed by atoms with Crippen LogP contribution < -0.4 is 0 Å². The van der Waals surface area contributed by atoms with Crippen LogP contribution in [-0.4, -0.2) is 9.97 Å². The van der Waals surface area contributed by atoms with Crippen molar-refractivity contribution in [3.8, 4) is 67.0 Å². The standard InChI is InChI=1S/C46H36N2/c1-45(2)39-11-7-5-9-35(39)37-23-21-33(25-41(37)45)29-13-17-31(18-14-29)43-27-44(48-28-47-43)32-19-15-30(16-20-32)34-22-24-38-36-10-6-8-12-40(36)46(3,4)42(38)26-34/h5-28H,1-4H3. The summed E-state index contributed by atoms with van der Waals surface area (Å²) in [6, 6.07) is 51.0. The van der Waals surface area contributed by atoms with Crippen molar-refractivity contribution in [1.29, 1.82) is 0 Å². The normalized spacial score (nSPS) is 14.6. The number of rotatable bonds is 4. The summed E-state index contributed by atoms with van der Waals surface area (Å²) in [5, 5.41) is 0. The Hall–Kier alpha value is -5.60. The van der Waals surface area contributed by atoms with Gasteiger partial charge in [-0.05, 0) is 85.0 Å². The number of hydrogen-bond acceptors (Lipinski definition) is 2. The molecule has 0 fully saturated rings. The van der Waals surface area contributed by atoms with Crippen LogP contribution in [0.2, 0.25) is 0 Å². The number of nitrogens with zero attached hydrogens (tertiary/aromatic N) is 2. The quantitative estimate of drug-likeness (QED) is 0.197. The molecule has 0 unspecified atom stereocenters. The Bertz CT molecular complexity index is 2210. The third kappa shape index (κ3) is 4.33. The highest BCUT2D eigenvalue weighted by Gasteiger charge is 2.36. The molecule has 0 radical (unpaired) electrons. The van der Waals surface area contributed by atoms with E-state index in [9.17, 15) is 0 Å². The maximum absolute atomic E-state index is 4.64. The third-order valence-corrected chi connectivity index (χ3v) is 10.9. The monoisotopic (exact) mass is 616 g/mol. The molecule has 7 aromatic rings. The highest BCUT2D eigenvalue weighted by atomic mass is 14.8. The van der Waals surface area contributed by atoms with Crippen LogP contribution in [0.1, 0.15) is 49.9 Å². The van der Waals surface area contributed by atoms with E-state index < -0.39 is 0 Å². The fraction of sp³-hybridized carbons (Fsp3) is 0.130. The number of fused-ring (bicyclic) bond motifs is 6. The Balaban J connectivity index is 0.968. The van der Waals surface area contributed by atoms with Crippen molar-refractivity contribution in [1.82, 2.24) is 9.97 Å². The van der Waals surface area contributed by atoms with Gasteiger partial charge < -0.3 is 0 Å². The number of aromatic nitrogens is 2. The molecule has 0 N–H and O–H groups in total. The average Bonchev–Trinajstić information content (AvgIpc) is 3.51. The first-order chi connectivity index (χ1) is 23.3. The summed E-state index contributed by atoms with van der Waals surface area (Å²) in [6.07, 6.45) is 1.67. The van der Waals surface area contributed by atoms with Gasteiger partial charge in [0.15, 0.2) is 0 Å². The van der Waals surface area contributed by atoms with Crippen molar-refractivity contribution in [3.63, 3.8) is 0 Å². The zero-order valence-electron chi connectivity index (χ0n) is 27.8. The van der Waals surface area contributed by atoms with Gasteiger partial charge in [-0.2, -0.15) is 0 Å². The topological polar surface area (TPSA) is 25.8 Å². The Morgan fingerprint density at radius 3 is 1.12 bits per heavy atom. The van der Waals surface area contributed by atoms with Gasteiger partial charge in [0, 0.05) is 22.0 Å². The summed E-state index contributed by atoms with van der Waals surface area (Å²) in [6.45, 7) is 9.32. The molecule has 9 rings (SSSR count). The lowest BCUT2D eigenvalue weighted by Gasteiger charge is -2.22. The lowest BCUT2D eigenvalue weighted by Crippen LogP contribution is -2.14. The fourth-order valence-corrected chi connectivity index (χ4v) is 8.11. The summed E-state index contributed by atoms with van der Waals surface area (Å²) in [5.41, 5.74) is 19.8. The third-order valence-electron chi connectivity index (χ3n) is 10.9. The van der Waals surface area contributed by atoms with Gasteiger partial charge in [-0.15, -0.1) is 0 Å². The molecule has 0 bridgehead atoms.